The standard InChI is InChI=1S/C17H17NO3/c1-11-7-8-15-16(12(11)2)18(17(19)21-15)10-13-5-4-6-14(9-13)20-3/h4-9H,10H2,1-3H3. The van der Waals surface area contributed by atoms with Crippen LogP contribution in [0.25, 0.3) is 11.1 Å². The van der Waals surface area contributed by atoms with Crippen molar-refractivity contribution in [3.63, 3.8) is 0 Å². The zero-order valence-electron chi connectivity index (χ0n) is 12.3. The average Bonchev–Trinajstić information content (AvgIpc) is 2.80. The normalized spacial score (nSPS) is 11.0. The van der Waals surface area contributed by atoms with E-state index in [1.165, 1.54) is 0 Å². The highest BCUT2D eigenvalue weighted by atomic mass is 16.5. The number of methoxy groups -OCH3 is 1. The fourth-order valence-electron chi connectivity index (χ4n) is 2.53. The van der Waals surface area contributed by atoms with Crippen molar-refractivity contribution in [2.45, 2.75) is 20.4 Å². The van der Waals surface area contributed by atoms with Gasteiger partial charge in [-0.15, -0.1) is 0 Å². The fourth-order valence-corrected chi connectivity index (χ4v) is 2.53. The molecule has 0 saturated carbocycles. The molecule has 0 radical (unpaired) electrons. The molecule has 4 nitrogen and oxygen atoms in total. The molecule has 0 aliphatic heterocycles. The highest BCUT2D eigenvalue weighted by molar-refractivity contribution is 5.78. The number of oxazole rings is 1. The molecule has 1 heterocycles. The van der Waals surface area contributed by atoms with Gasteiger partial charge in [-0.05, 0) is 48.7 Å². The second kappa shape index (κ2) is 5.13. The summed E-state index contributed by atoms with van der Waals surface area (Å²) in [7, 11) is 1.63. The lowest BCUT2D eigenvalue weighted by molar-refractivity contribution is 0.414. The molecule has 0 aliphatic carbocycles. The van der Waals surface area contributed by atoms with Gasteiger partial charge in [-0.2, -0.15) is 0 Å². The van der Waals surface area contributed by atoms with E-state index in [4.69, 9.17) is 9.15 Å². The van der Waals surface area contributed by atoms with Crippen LogP contribution in [0.3, 0.4) is 0 Å². The van der Waals surface area contributed by atoms with Gasteiger partial charge in [-0.3, -0.25) is 4.57 Å². The lowest BCUT2D eigenvalue weighted by atomic mass is 10.1. The van der Waals surface area contributed by atoms with Crippen LogP contribution in [0.1, 0.15) is 16.7 Å². The number of rotatable bonds is 3. The van der Waals surface area contributed by atoms with Gasteiger partial charge in [0, 0.05) is 0 Å². The fraction of sp³-hybridized carbons (Fsp3) is 0.235. The maximum Gasteiger partial charge on any atom is 0.420 e. The number of fused-ring (bicyclic) bond motifs is 1. The second-order valence-corrected chi connectivity index (χ2v) is 5.16. The number of nitrogens with zero attached hydrogens (tertiary/aromatic N) is 1. The Hall–Kier alpha value is -2.49. The molecule has 0 N–H and O–H groups in total. The summed E-state index contributed by atoms with van der Waals surface area (Å²) in [4.78, 5) is 12.1. The number of hydrogen-bond acceptors (Lipinski definition) is 3. The Morgan fingerprint density at radius 2 is 2.00 bits per heavy atom. The van der Waals surface area contributed by atoms with Crippen molar-refractivity contribution in [2.75, 3.05) is 7.11 Å². The Labute approximate surface area is 122 Å². The predicted molar refractivity (Wildman–Crippen MR) is 82.0 cm³/mol. The molecular formula is C17H17NO3. The zero-order valence-corrected chi connectivity index (χ0v) is 12.3. The van der Waals surface area contributed by atoms with Crippen LogP contribution < -0.4 is 10.5 Å². The topological polar surface area (TPSA) is 44.4 Å². The summed E-state index contributed by atoms with van der Waals surface area (Å²) < 4.78 is 12.2. The van der Waals surface area contributed by atoms with Gasteiger partial charge >= 0.3 is 5.76 Å². The van der Waals surface area contributed by atoms with Crippen LogP contribution in [0.15, 0.2) is 45.6 Å². The van der Waals surface area contributed by atoms with E-state index in [1.54, 1.807) is 11.7 Å². The summed E-state index contributed by atoms with van der Waals surface area (Å²) in [6.45, 7) is 4.50. The maximum atomic E-state index is 12.1. The molecule has 0 unspecified atom stereocenters. The molecule has 0 fully saturated rings. The maximum absolute atomic E-state index is 12.1. The second-order valence-electron chi connectivity index (χ2n) is 5.16. The van der Waals surface area contributed by atoms with E-state index in [2.05, 4.69) is 0 Å². The van der Waals surface area contributed by atoms with Crippen molar-refractivity contribution in [1.29, 1.82) is 0 Å². The number of aromatic nitrogens is 1. The Bertz CT molecular complexity index is 858. The number of hydrogen-bond donors (Lipinski definition) is 0. The van der Waals surface area contributed by atoms with Crippen LogP contribution in [-0.2, 0) is 6.54 Å². The van der Waals surface area contributed by atoms with Crippen LogP contribution in [0.5, 0.6) is 5.75 Å². The SMILES string of the molecule is COc1cccc(Cn2c(=O)oc3ccc(C)c(C)c32)c1. The molecular weight excluding hydrogens is 266 g/mol. The third kappa shape index (κ3) is 2.33. The summed E-state index contributed by atoms with van der Waals surface area (Å²) in [6, 6.07) is 11.5. The van der Waals surface area contributed by atoms with E-state index in [-0.39, 0.29) is 5.76 Å². The summed E-state index contributed by atoms with van der Waals surface area (Å²) in [5.41, 5.74) is 4.71. The Morgan fingerprint density at radius 1 is 1.19 bits per heavy atom. The van der Waals surface area contributed by atoms with Gasteiger partial charge in [-0.1, -0.05) is 18.2 Å². The van der Waals surface area contributed by atoms with Gasteiger partial charge in [0.15, 0.2) is 5.58 Å². The molecule has 4 heteroatoms. The van der Waals surface area contributed by atoms with Gasteiger partial charge < -0.3 is 9.15 Å². The molecule has 0 spiro atoms. The quantitative estimate of drug-likeness (QED) is 0.741. The number of ether oxygens (including phenoxy) is 1. The monoisotopic (exact) mass is 283 g/mol. The van der Waals surface area contributed by atoms with Crippen molar-refractivity contribution >= 4 is 11.1 Å². The molecule has 0 bridgehead atoms. The van der Waals surface area contributed by atoms with Gasteiger partial charge in [0.05, 0.1) is 19.2 Å². The van der Waals surface area contributed by atoms with Crippen LogP contribution in [0.2, 0.25) is 0 Å². The van der Waals surface area contributed by atoms with E-state index < -0.39 is 0 Å². The van der Waals surface area contributed by atoms with Crippen molar-refractivity contribution in [2.24, 2.45) is 0 Å². The molecule has 2 aromatic carbocycles. The summed E-state index contributed by atoms with van der Waals surface area (Å²) >= 11 is 0. The predicted octanol–water partition coefficient (Wildman–Crippen LogP) is 3.27. The third-order valence-electron chi connectivity index (χ3n) is 3.83. The highest BCUT2D eigenvalue weighted by Crippen LogP contribution is 2.22. The summed E-state index contributed by atoms with van der Waals surface area (Å²) in [6.07, 6.45) is 0. The summed E-state index contributed by atoms with van der Waals surface area (Å²) in [5.74, 6) is 0.447. The molecule has 0 saturated heterocycles. The third-order valence-corrected chi connectivity index (χ3v) is 3.83. The minimum atomic E-state index is -0.332. The Balaban J connectivity index is 2.14. The molecule has 0 amide bonds. The molecule has 0 aliphatic rings. The highest BCUT2D eigenvalue weighted by Gasteiger charge is 2.13. The lowest BCUT2D eigenvalue weighted by Gasteiger charge is -2.07. The molecule has 21 heavy (non-hydrogen) atoms. The first-order valence-electron chi connectivity index (χ1n) is 6.82. The van der Waals surface area contributed by atoms with Crippen LogP contribution in [0, 0.1) is 13.8 Å². The van der Waals surface area contributed by atoms with Crippen molar-refractivity contribution < 1.29 is 9.15 Å². The largest absolute Gasteiger partial charge is 0.497 e. The van der Waals surface area contributed by atoms with E-state index in [9.17, 15) is 4.79 Å². The Morgan fingerprint density at radius 3 is 2.76 bits per heavy atom. The molecule has 3 rings (SSSR count). The molecule has 1 aromatic heterocycles. The lowest BCUT2D eigenvalue weighted by Crippen LogP contribution is -2.15. The van der Waals surface area contributed by atoms with E-state index in [0.717, 1.165) is 28.0 Å². The van der Waals surface area contributed by atoms with E-state index in [1.807, 2.05) is 50.2 Å². The summed E-state index contributed by atoms with van der Waals surface area (Å²) in [5, 5.41) is 0. The minimum Gasteiger partial charge on any atom is -0.497 e. The van der Waals surface area contributed by atoms with Gasteiger partial charge in [0.1, 0.15) is 5.75 Å². The number of aryl methyl sites for hydroxylation is 2. The molecule has 3 aromatic rings. The van der Waals surface area contributed by atoms with Crippen molar-refractivity contribution in [1.82, 2.24) is 4.57 Å². The van der Waals surface area contributed by atoms with Crippen molar-refractivity contribution in [3.8, 4) is 5.75 Å². The van der Waals surface area contributed by atoms with E-state index in [0.29, 0.717) is 12.1 Å². The molecule has 0 atom stereocenters. The minimum absolute atomic E-state index is 0.332. The van der Waals surface area contributed by atoms with Crippen LogP contribution in [-0.4, -0.2) is 11.7 Å². The Kier molecular flexibility index (Phi) is 3.29. The van der Waals surface area contributed by atoms with Gasteiger partial charge in [0.2, 0.25) is 0 Å². The van der Waals surface area contributed by atoms with E-state index >= 15 is 0 Å². The first-order valence-corrected chi connectivity index (χ1v) is 6.82. The smallest absolute Gasteiger partial charge is 0.420 e. The van der Waals surface area contributed by atoms with Crippen LogP contribution in [0.4, 0.5) is 0 Å². The molecule has 108 valence electrons. The van der Waals surface area contributed by atoms with Crippen molar-refractivity contribution in [3.05, 3.63) is 63.6 Å². The van der Waals surface area contributed by atoms with Gasteiger partial charge in [0.25, 0.3) is 0 Å². The van der Waals surface area contributed by atoms with Crippen LogP contribution >= 0.6 is 0 Å². The number of benzene rings is 2. The first-order chi connectivity index (χ1) is 10.1. The zero-order chi connectivity index (χ0) is 15.0. The van der Waals surface area contributed by atoms with Gasteiger partial charge in [-0.25, -0.2) is 4.79 Å². The average molecular weight is 283 g/mol. The first kappa shape index (κ1) is 13.5.